The summed E-state index contributed by atoms with van der Waals surface area (Å²) in [5, 5.41) is 2.95. The SMILES string of the molecule is CNCc1cc(F)cnc1Oc1ccccc1Br. The number of rotatable bonds is 4. The third-order valence-electron chi connectivity index (χ3n) is 2.30. The molecule has 0 atom stereocenters. The normalized spacial score (nSPS) is 10.4. The van der Waals surface area contributed by atoms with E-state index in [0.29, 0.717) is 23.7 Å². The Morgan fingerprint density at radius 3 is 2.89 bits per heavy atom. The molecule has 0 bridgehead atoms. The van der Waals surface area contributed by atoms with Crippen molar-refractivity contribution in [3.05, 3.63) is 52.4 Å². The molecule has 1 aromatic heterocycles. The van der Waals surface area contributed by atoms with Crippen LogP contribution in [0.25, 0.3) is 0 Å². The number of nitrogens with one attached hydrogen (secondary N) is 1. The third-order valence-corrected chi connectivity index (χ3v) is 2.96. The second-order valence-electron chi connectivity index (χ2n) is 3.68. The van der Waals surface area contributed by atoms with Gasteiger partial charge in [0.1, 0.15) is 11.6 Å². The van der Waals surface area contributed by atoms with Crippen LogP contribution in [0.3, 0.4) is 0 Å². The van der Waals surface area contributed by atoms with Crippen molar-refractivity contribution >= 4 is 15.9 Å². The summed E-state index contributed by atoms with van der Waals surface area (Å²) in [6.45, 7) is 0.491. The van der Waals surface area contributed by atoms with Gasteiger partial charge in [-0.2, -0.15) is 0 Å². The summed E-state index contributed by atoms with van der Waals surface area (Å²) in [5.74, 6) is 0.673. The Morgan fingerprint density at radius 1 is 1.39 bits per heavy atom. The molecule has 0 aliphatic heterocycles. The first-order valence-electron chi connectivity index (χ1n) is 5.42. The Balaban J connectivity index is 2.31. The van der Waals surface area contributed by atoms with E-state index in [4.69, 9.17) is 4.74 Å². The summed E-state index contributed by atoms with van der Waals surface area (Å²) in [5.41, 5.74) is 0.674. The molecule has 0 saturated heterocycles. The van der Waals surface area contributed by atoms with Crippen molar-refractivity contribution in [2.45, 2.75) is 6.54 Å². The monoisotopic (exact) mass is 310 g/mol. The molecule has 0 aliphatic rings. The number of benzene rings is 1. The topological polar surface area (TPSA) is 34.2 Å². The van der Waals surface area contributed by atoms with Crippen LogP contribution >= 0.6 is 15.9 Å². The van der Waals surface area contributed by atoms with Crippen molar-refractivity contribution in [3.8, 4) is 11.6 Å². The molecule has 0 aliphatic carbocycles. The third kappa shape index (κ3) is 3.05. The Kier molecular flexibility index (Phi) is 4.28. The van der Waals surface area contributed by atoms with Gasteiger partial charge in [0.05, 0.1) is 10.7 Å². The molecule has 0 amide bonds. The zero-order chi connectivity index (χ0) is 13.0. The summed E-state index contributed by atoms with van der Waals surface area (Å²) >= 11 is 3.39. The largest absolute Gasteiger partial charge is 0.438 e. The van der Waals surface area contributed by atoms with E-state index in [9.17, 15) is 4.39 Å². The summed E-state index contributed by atoms with van der Waals surface area (Å²) in [7, 11) is 1.78. The number of hydrogen-bond acceptors (Lipinski definition) is 3. The molecule has 3 nitrogen and oxygen atoms in total. The first-order valence-corrected chi connectivity index (χ1v) is 6.21. The van der Waals surface area contributed by atoms with Crippen molar-refractivity contribution in [2.24, 2.45) is 0 Å². The zero-order valence-electron chi connectivity index (χ0n) is 9.78. The number of para-hydroxylation sites is 1. The predicted molar refractivity (Wildman–Crippen MR) is 71.2 cm³/mol. The summed E-state index contributed by atoms with van der Waals surface area (Å²) < 4.78 is 19.6. The fourth-order valence-electron chi connectivity index (χ4n) is 1.51. The molecule has 0 fully saturated rings. The molecule has 94 valence electrons. The Labute approximate surface area is 113 Å². The van der Waals surface area contributed by atoms with Crippen LogP contribution in [0, 0.1) is 5.82 Å². The number of halogens is 2. The van der Waals surface area contributed by atoms with Crippen molar-refractivity contribution in [1.29, 1.82) is 0 Å². The first kappa shape index (κ1) is 13.0. The second kappa shape index (κ2) is 5.93. The molecule has 1 aromatic carbocycles. The van der Waals surface area contributed by atoms with Crippen molar-refractivity contribution < 1.29 is 9.13 Å². The molecular weight excluding hydrogens is 299 g/mol. The molecule has 1 N–H and O–H groups in total. The number of nitrogens with zero attached hydrogens (tertiary/aromatic N) is 1. The summed E-state index contributed by atoms with van der Waals surface area (Å²) in [6.07, 6.45) is 1.14. The maximum atomic E-state index is 13.1. The highest BCUT2D eigenvalue weighted by molar-refractivity contribution is 9.10. The van der Waals surface area contributed by atoms with Gasteiger partial charge in [-0.15, -0.1) is 0 Å². The minimum absolute atomic E-state index is 0.375. The molecule has 1 heterocycles. The highest BCUT2D eigenvalue weighted by Gasteiger charge is 2.09. The highest BCUT2D eigenvalue weighted by atomic mass is 79.9. The predicted octanol–water partition coefficient (Wildman–Crippen LogP) is 3.49. The summed E-state index contributed by atoms with van der Waals surface area (Å²) in [4.78, 5) is 3.98. The van der Waals surface area contributed by atoms with Gasteiger partial charge in [0.15, 0.2) is 0 Å². The molecule has 18 heavy (non-hydrogen) atoms. The fraction of sp³-hybridized carbons (Fsp3) is 0.154. The van der Waals surface area contributed by atoms with E-state index in [2.05, 4.69) is 26.2 Å². The Bertz CT molecular complexity index is 548. The minimum Gasteiger partial charge on any atom is -0.438 e. The molecule has 5 heteroatoms. The fourth-order valence-corrected chi connectivity index (χ4v) is 1.88. The average molecular weight is 311 g/mol. The molecule has 0 spiro atoms. The lowest BCUT2D eigenvalue weighted by molar-refractivity contribution is 0.447. The standard InChI is InChI=1S/C13H12BrFN2O/c1-16-7-9-6-10(15)8-17-13(9)18-12-5-3-2-4-11(12)14/h2-6,8,16H,7H2,1H3. The van der Waals surface area contributed by atoms with Crippen LogP contribution in [-0.4, -0.2) is 12.0 Å². The first-order chi connectivity index (χ1) is 8.70. The van der Waals surface area contributed by atoms with Crippen LogP contribution in [0.4, 0.5) is 4.39 Å². The van der Waals surface area contributed by atoms with Gasteiger partial charge in [0, 0.05) is 12.1 Å². The van der Waals surface area contributed by atoms with E-state index in [0.717, 1.165) is 10.7 Å². The van der Waals surface area contributed by atoms with Crippen molar-refractivity contribution in [3.63, 3.8) is 0 Å². The van der Waals surface area contributed by atoms with Gasteiger partial charge in [-0.1, -0.05) is 12.1 Å². The van der Waals surface area contributed by atoms with Gasteiger partial charge in [-0.3, -0.25) is 0 Å². The lowest BCUT2D eigenvalue weighted by atomic mass is 10.2. The van der Waals surface area contributed by atoms with Crippen molar-refractivity contribution in [2.75, 3.05) is 7.05 Å². The lowest BCUT2D eigenvalue weighted by Crippen LogP contribution is -2.07. The van der Waals surface area contributed by atoms with Crippen LogP contribution in [-0.2, 0) is 6.54 Å². The second-order valence-corrected chi connectivity index (χ2v) is 4.53. The molecule has 2 rings (SSSR count). The maximum Gasteiger partial charge on any atom is 0.223 e. The average Bonchev–Trinajstić information content (AvgIpc) is 2.35. The van der Waals surface area contributed by atoms with E-state index in [1.807, 2.05) is 24.3 Å². The quantitative estimate of drug-likeness (QED) is 0.938. The maximum absolute atomic E-state index is 13.1. The number of ether oxygens (including phenoxy) is 1. The van der Waals surface area contributed by atoms with Crippen molar-refractivity contribution in [1.82, 2.24) is 10.3 Å². The van der Waals surface area contributed by atoms with Gasteiger partial charge < -0.3 is 10.1 Å². The number of hydrogen-bond donors (Lipinski definition) is 1. The lowest BCUT2D eigenvalue weighted by Gasteiger charge is -2.10. The van der Waals surface area contributed by atoms with E-state index in [1.54, 1.807) is 7.05 Å². The number of pyridine rings is 1. The van der Waals surface area contributed by atoms with Crippen LogP contribution in [0.5, 0.6) is 11.6 Å². The smallest absolute Gasteiger partial charge is 0.223 e. The van der Waals surface area contributed by atoms with Gasteiger partial charge in [-0.05, 0) is 41.2 Å². The molecule has 0 unspecified atom stereocenters. The molecule has 2 aromatic rings. The molecule has 0 radical (unpaired) electrons. The molecular formula is C13H12BrFN2O. The van der Waals surface area contributed by atoms with E-state index in [-0.39, 0.29) is 5.82 Å². The highest BCUT2D eigenvalue weighted by Crippen LogP contribution is 2.30. The summed E-state index contributed by atoms with van der Waals surface area (Å²) in [6, 6.07) is 8.86. The van der Waals surface area contributed by atoms with E-state index in [1.165, 1.54) is 6.07 Å². The zero-order valence-corrected chi connectivity index (χ0v) is 11.4. The van der Waals surface area contributed by atoms with Gasteiger partial charge in [-0.25, -0.2) is 9.37 Å². The van der Waals surface area contributed by atoms with E-state index < -0.39 is 0 Å². The van der Waals surface area contributed by atoms with Crippen LogP contribution in [0.15, 0.2) is 41.0 Å². The Morgan fingerprint density at radius 2 is 2.17 bits per heavy atom. The number of aromatic nitrogens is 1. The van der Waals surface area contributed by atoms with E-state index >= 15 is 0 Å². The van der Waals surface area contributed by atoms with Gasteiger partial charge in [0.2, 0.25) is 5.88 Å². The molecule has 0 saturated carbocycles. The van der Waals surface area contributed by atoms with Crippen LogP contribution in [0.2, 0.25) is 0 Å². The minimum atomic E-state index is -0.375. The Hall–Kier alpha value is -1.46. The van der Waals surface area contributed by atoms with Gasteiger partial charge >= 0.3 is 0 Å². The van der Waals surface area contributed by atoms with Crippen LogP contribution < -0.4 is 10.1 Å². The van der Waals surface area contributed by atoms with Gasteiger partial charge in [0.25, 0.3) is 0 Å². The van der Waals surface area contributed by atoms with Crippen LogP contribution in [0.1, 0.15) is 5.56 Å².